The molecule has 0 nitrogen and oxygen atoms in total. The second kappa shape index (κ2) is 6.27. The van der Waals surface area contributed by atoms with Crippen LogP contribution in [-0.2, 0) is 0 Å². The van der Waals surface area contributed by atoms with Crippen LogP contribution in [0.1, 0.15) is 16.0 Å². The Hall–Kier alpha value is 0.460. The van der Waals surface area contributed by atoms with Crippen molar-refractivity contribution in [1.82, 2.24) is 0 Å². The summed E-state index contributed by atoms with van der Waals surface area (Å²) < 4.78 is 2.07. The van der Waals surface area contributed by atoms with Gasteiger partial charge in [-0.15, -0.1) is 0 Å². The van der Waals surface area contributed by atoms with E-state index in [9.17, 15) is 0 Å². The number of rotatable bonds is 2. The minimum absolute atomic E-state index is 0.0646. The SMILES string of the molecule is Clc1ccc(C(Br)c2ccc(Br)cc2Br)cc1Cl. The Balaban J connectivity index is 2.41. The van der Waals surface area contributed by atoms with Gasteiger partial charge in [-0.05, 0) is 35.4 Å². The minimum atomic E-state index is 0.0646. The lowest BCUT2D eigenvalue weighted by Gasteiger charge is -2.13. The molecule has 0 N–H and O–H groups in total. The highest BCUT2D eigenvalue weighted by molar-refractivity contribution is 9.11. The summed E-state index contributed by atoms with van der Waals surface area (Å²) in [7, 11) is 0. The summed E-state index contributed by atoms with van der Waals surface area (Å²) in [6, 6.07) is 11.7. The van der Waals surface area contributed by atoms with Crippen molar-refractivity contribution >= 4 is 71.0 Å². The van der Waals surface area contributed by atoms with Gasteiger partial charge in [0, 0.05) is 8.95 Å². The van der Waals surface area contributed by atoms with Crippen molar-refractivity contribution in [3.8, 4) is 0 Å². The molecule has 5 heteroatoms. The molecule has 0 radical (unpaired) electrons. The van der Waals surface area contributed by atoms with E-state index in [1.807, 2.05) is 24.3 Å². The molecule has 0 bridgehead atoms. The maximum atomic E-state index is 6.04. The van der Waals surface area contributed by atoms with E-state index in [4.69, 9.17) is 23.2 Å². The van der Waals surface area contributed by atoms with Crippen LogP contribution in [0.4, 0.5) is 0 Å². The maximum absolute atomic E-state index is 6.04. The lowest BCUT2D eigenvalue weighted by atomic mass is 10.1. The lowest BCUT2D eigenvalue weighted by molar-refractivity contribution is 1.16. The third kappa shape index (κ3) is 3.31. The lowest BCUT2D eigenvalue weighted by Crippen LogP contribution is -1.94. The van der Waals surface area contributed by atoms with Gasteiger partial charge in [0.15, 0.2) is 0 Å². The molecule has 0 aliphatic rings. The molecule has 0 aromatic heterocycles. The molecule has 0 saturated carbocycles. The van der Waals surface area contributed by atoms with Gasteiger partial charge < -0.3 is 0 Å². The number of alkyl halides is 1. The summed E-state index contributed by atoms with van der Waals surface area (Å²) >= 11 is 22.6. The van der Waals surface area contributed by atoms with E-state index in [-0.39, 0.29) is 4.83 Å². The summed E-state index contributed by atoms with van der Waals surface area (Å²) in [5.74, 6) is 0. The standard InChI is InChI=1S/C13H7Br3Cl2/c14-8-2-3-9(10(15)6-8)13(16)7-1-4-11(17)12(18)5-7/h1-6,13H. The van der Waals surface area contributed by atoms with E-state index in [0.29, 0.717) is 10.0 Å². The molecule has 94 valence electrons. The first-order valence-corrected chi connectivity index (χ1v) is 8.29. The molecule has 1 unspecified atom stereocenters. The normalized spacial score (nSPS) is 12.5. The Morgan fingerprint density at radius 3 is 2.22 bits per heavy atom. The molecule has 0 spiro atoms. The zero-order valence-electron chi connectivity index (χ0n) is 8.93. The summed E-state index contributed by atoms with van der Waals surface area (Å²) in [5.41, 5.74) is 2.20. The molecule has 2 rings (SSSR count). The van der Waals surface area contributed by atoms with Crippen molar-refractivity contribution in [2.24, 2.45) is 0 Å². The molecule has 0 heterocycles. The Morgan fingerprint density at radius 1 is 0.889 bits per heavy atom. The second-order valence-electron chi connectivity index (χ2n) is 3.70. The highest BCUT2D eigenvalue weighted by Crippen LogP contribution is 2.38. The van der Waals surface area contributed by atoms with Crippen molar-refractivity contribution in [2.75, 3.05) is 0 Å². The molecule has 18 heavy (non-hydrogen) atoms. The number of hydrogen-bond acceptors (Lipinski definition) is 0. The van der Waals surface area contributed by atoms with Crippen LogP contribution in [0.2, 0.25) is 10.0 Å². The van der Waals surface area contributed by atoms with Gasteiger partial charge in [0.1, 0.15) is 0 Å². The van der Waals surface area contributed by atoms with Crippen molar-refractivity contribution in [3.05, 3.63) is 66.5 Å². The van der Waals surface area contributed by atoms with Crippen molar-refractivity contribution < 1.29 is 0 Å². The summed E-state index contributed by atoms with van der Waals surface area (Å²) in [6.45, 7) is 0. The molecular formula is C13H7Br3Cl2. The van der Waals surface area contributed by atoms with Gasteiger partial charge in [0.25, 0.3) is 0 Å². The molecule has 0 fully saturated rings. The summed E-state index contributed by atoms with van der Waals surface area (Å²) in [5, 5.41) is 1.13. The van der Waals surface area contributed by atoms with Gasteiger partial charge in [-0.1, -0.05) is 83.1 Å². The molecule has 0 aliphatic carbocycles. The zero-order chi connectivity index (χ0) is 13.3. The Bertz CT molecular complexity index is 584. The smallest absolute Gasteiger partial charge is 0.0656 e. The first-order chi connectivity index (χ1) is 8.49. The minimum Gasteiger partial charge on any atom is -0.0827 e. The van der Waals surface area contributed by atoms with E-state index in [0.717, 1.165) is 20.1 Å². The number of benzene rings is 2. The third-order valence-electron chi connectivity index (χ3n) is 2.47. The predicted octanol–water partition coefficient (Wildman–Crippen LogP) is 7.00. The fourth-order valence-electron chi connectivity index (χ4n) is 1.56. The summed E-state index contributed by atoms with van der Waals surface area (Å²) in [6.07, 6.45) is 0. The van der Waals surface area contributed by atoms with Crippen LogP contribution in [0.3, 0.4) is 0 Å². The van der Waals surface area contributed by atoms with E-state index >= 15 is 0 Å². The Labute approximate surface area is 141 Å². The maximum Gasteiger partial charge on any atom is 0.0656 e. The van der Waals surface area contributed by atoms with Gasteiger partial charge >= 0.3 is 0 Å². The quantitative estimate of drug-likeness (QED) is 0.412. The number of hydrogen-bond donors (Lipinski definition) is 0. The molecular weight excluding hydrogens is 467 g/mol. The molecule has 0 saturated heterocycles. The first-order valence-electron chi connectivity index (χ1n) is 5.03. The van der Waals surface area contributed by atoms with Crippen LogP contribution in [0, 0.1) is 0 Å². The van der Waals surface area contributed by atoms with E-state index < -0.39 is 0 Å². The molecule has 0 amide bonds. The average molecular weight is 474 g/mol. The van der Waals surface area contributed by atoms with Crippen LogP contribution < -0.4 is 0 Å². The van der Waals surface area contributed by atoms with Crippen molar-refractivity contribution in [2.45, 2.75) is 4.83 Å². The van der Waals surface area contributed by atoms with Gasteiger partial charge in [-0.25, -0.2) is 0 Å². The highest BCUT2D eigenvalue weighted by Gasteiger charge is 2.14. The highest BCUT2D eigenvalue weighted by atomic mass is 79.9. The second-order valence-corrected chi connectivity index (χ2v) is 7.20. The Morgan fingerprint density at radius 2 is 1.61 bits per heavy atom. The van der Waals surface area contributed by atoms with Crippen LogP contribution in [0.5, 0.6) is 0 Å². The largest absolute Gasteiger partial charge is 0.0827 e. The van der Waals surface area contributed by atoms with Gasteiger partial charge in [-0.3, -0.25) is 0 Å². The van der Waals surface area contributed by atoms with Gasteiger partial charge in [-0.2, -0.15) is 0 Å². The van der Waals surface area contributed by atoms with Crippen molar-refractivity contribution in [1.29, 1.82) is 0 Å². The molecule has 2 aromatic rings. The van der Waals surface area contributed by atoms with E-state index in [1.165, 1.54) is 0 Å². The summed E-state index contributed by atoms with van der Waals surface area (Å²) in [4.78, 5) is 0.0646. The van der Waals surface area contributed by atoms with Crippen molar-refractivity contribution in [3.63, 3.8) is 0 Å². The van der Waals surface area contributed by atoms with Crippen LogP contribution in [0.25, 0.3) is 0 Å². The van der Waals surface area contributed by atoms with E-state index in [2.05, 4.69) is 53.9 Å². The molecule has 1 atom stereocenters. The van der Waals surface area contributed by atoms with Crippen LogP contribution in [-0.4, -0.2) is 0 Å². The topological polar surface area (TPSA) is 0 Å². The average Bonchev–Trinajstić information content (AvgIpc) is 2.32. The monoisotopic (exact) mass is 470 g/mol. The third-order valence-corrected chi connectivity index (χ3v) is 5.41. The zero-order valence-corrected chi connectivity index (χ0v) is 15.2. The number of halogens is 5. The van der Waals surface area contributed by atoms with Gasteiger partial charge in [0.05, 0.1) is 14.9 Å². The van der Waals surface area contributed by atoms with Gasteiger partial charge in [0.2, 0.25) is 0 Å². The van der Waals surface area contributed by atoms with Crippen LogP contribution in [0.15, 0.2) is 45.3 Å². The predicted molar refractivity (Wildman–Crippen MR) is 89.1 cm³/mol. The van der Waals surface area contributed by atoms with E-state index in [1.54, 1.807) is 6.07 Å². The fourth-order valence-corrected chi connectivity index (χ4v) is 4.13. The van der Waals surface area contributed by atoms with Crippen LogP contribution >= 0.6 is 71.0 Å². The molecule has 0 aliphatic heterocycles. The molecule has 2 aromatic carbocycles. The first kappa shape index (κ1) is 14.9. The fraction of sp³-hybridized carbons (Fsp3) is 0.0769. The Kier molecular flexibility index (Phi) is 5.18.